The van der Waals surface area contributed by atoms with E-state index in [1.54, 1.807) is 19.2 Å². The molecule has 0 aliphatic rings. The summed E-state index contributed by atoms with van der Waals surface area (Å²) in [6, 6.07) is 10.9. The number of alkyl halides is 1. The molecule has 0 fully saturated rings. The Hall–Kier alpha value is -0.410. The Balaban J connectivity index is 2.48. The SMILES string of the molecule is COc1ccc(Cl)cc1C(Br)c1cc(Cl)cc(Cl)c1. The molecule has 2 rings (SSSR count). The van der Waals surface area contributed by atoms with Crippen LogP contribution in [0.4, 0.5) is 0 Å². The van der Waals surface area contributed by atoms with Crippen LogP contribution in [-0.2, 0) is 0 Å². The maximum Gasteiger partial charge on any atom is 0.123 e. The predicted octanol–water partition coefficient (Wildman–Crippen LogP) is 6.14. The zero-order valence-electron chi connectivity index (χ0n) is 9.96. The Bertz CT molecular complexity index is 581. The summed E-state index contributed by atoms with van der Waals surface area (Å²) < 4.78 is 5.35. The molecule has 0 amide bonds. The van der Waals surface area contributed by atoms with E-state index in [9.17, 15) is 0 Å². The van der Waals surface area contributed by atoms with Crippen molar-refractivity contribution in [3.05, 3.63) is 62.6 Å². The molecular formula is C14H10BrCl3O. The van der Waals surface area contributed by atoms with E-state index in [0.717, 1.165) is 16.9 Å². The first-order valence-electron chi connectivity index (χ1n) is 5.44. The molecule has 1 nitrogen and oxygen atoms in total. The van der Waals surface area contributed by atoms with Crippen LogP contribution in [0.1, 0.15) is 16.0 Å². The highest BCUT2D eigenvalue weighted by atomic mass is 79.9. The van der Waals surface area contributed by atoms with Gasteiger partial charge in [0.2, 0.25) is 0 Å². The van der Waals surface area contributed by atoms with E-state index in [4.69, 9.17) is 39.5 Å². The van der Waals surface area contributed by atoms with E-state index in [1.165, 1.54) is 0 Å². The average molecular weight is 380 g/mol. The van der Waals surface area contributed by atoms with Crippen molar-refractivity contribution in [3.63, 3.8) is 0 Å². The van der Waals surface area contributed by atoms with Crippen molar-refractivity contribution in [2.24, 2.45) is 0 Å². The zero-order valence-corrected chi connectivity index (χ0v) is 13.8. The van der Waals surface area contributed by atoms with E-state index < -0.39 is 0 Å². The van der Waals surface area contributed by atoms with Crippen LogP contribution in [0.3, 0.4) is 0 Å². The molecular weight excluding hydrogens is 370 g/mol. The molecule has 0 aromatic heterocycles. The Morgan fingerprint density at radius 3 is 2.16 bits per heavy atom. The second-order valence-corrected chi connectivity index (χ2v) is 6.18. The molecule has 100 valence electrons. The van der Waals surface area contributed by atoms with Gasteiger partial charge in [-0.3, -0.25) is 0 Å². The van der Waals surface area contributed by atoms with Gasteiger partial charge in [0.25, 0.3) is 0 Å². The largest absolute Gasteiger partial charge is 0.496 e. The fraction of sp³-hybridized carbons (Fsp3) is 0.143. The summed E-state index contributed by atoms with van der Waals surface area (Å²) >= 11 is 21.7. The van der Waals surface area contributed by atoms with E-state index in [1.807, 2.05) is 24.3 Å². The molecule has 1 unspecified atom stereocenters. The molecule has 0 aliphatic heterocycles. The highest BCUT2D eigenvalue weighted by molar-refractivity contribution is 9.09. The molecule has 0 saturated carbocycles. The van der Waals surface area contributed by atoms with Gasteiger partial charge in [-0.2, -0.15) is 0 Å². The summed E-state index contributed by atoms with van der Waals surface area (Å²) in [5.74, 6) is 0.752. The minimum Gasteiger partial charge on any atom is -0.496 e. The summed E-state index contributed by atoms with van der Waals surface area (Å²) in [4.78, 5) is -0.0997. The predicted molar refractivity (Wildman–Crippen MR) is 85.2 cm³/mol. The van der Waals surface area contributed by atoms with Crippen molar-refractivity contribution in [2.45, 2.75) is 4.83 Å². The van der Waals surface area contributed by atoms with Gasteiger partial charge < -0.3 is 4.74 Å². The first-order chi connectivity index (χ1) is 9.01. The Kier molecular flexibility index (Phi) is 5.02. The number of hydrogen-bond acceptors (Lipinski definition) is 1. The molecule has 19 heavy (non-hydrogen) atoms. The van der Waals surface area contributed by atoms with Gasteiger partial charge in [0, 0.05) is 20.6 Å². The van der Waals surface area contributed by atoms with Gasteiger partial charge in [0.15, 0.2) is 0 Å². The van der Waals surface area contributed by atoms with Gasteiger partial charge in [-0.1, -0.05) is 50.7 Å². The molecule has 0 aliphatic carbocycles. The van der Waals surface area contributed by atoms with E-state index >= 15 is 0 Å². The van der Waals surface area contributed by atoms with Crippen molar-refractivity contribution in [2.75, 3.05) is 7.11 Å². The molecule has 0 radical (unpaired) electrons. The van der Waals surface area contributed by atoms with Crippen molar-refractivity contribution >= 4 is 50.7 Å². The van der Waals surface area contributed by atoms with Crippen LogP contribution in [0.25, 0.3) is 0 Å². The third-order valence-electron chi connectivity index (χ3n) is 2.64. The molecule has 2 aromatic carbocycles. The molecule has 0 spiro atoms. The standard InChI is InChI=1S/C14H10BrCl3O/c1-19-13-3-2-9(16)7-12(13)14(15)8-4-10(17)6-11(18)5-8/h2-7,14H,1H3. The molecule has 5 heteroatoms. The minimum absolute atomic E-state index is 0.0997. The summed E-state index contributed by atoms with van der Waals surface area (Å²) in [6.45, 7) is 0. The highest BCUT2D eigenvalue weighted by Gasteiger charge is 2.16. The lowest BCUT2D eigenvalue weighted by atomic mass is 10.0. The first-order valence-corrected chi connectivity index (χ1v) is 7.49. The average Bonchev–Trinajstić information content (AvgIpc) is 2.36. The molecule has 0 bridgehead atoms. The van der Waals surface area contributed by atoms with E-state index in [2.05, 4.69) is 15.9 Å². The van der Waals surface area contributed by atoms with Gasteiger partial charge in [-0.05, 0) is 42.0 Å². The monoisotopic (exact) mass is 378 g/mol. The second-order valence-electron chi connectivity index (χ2n) is 3.95. The highest BCUT2D eigenvalue weighted by Crippen LogP contribution is 2.39. The van der Waals surface area contributed by atoms with Crippen LogP contribution in [0, 0.1) is 0 Å². The third-order valence-corrected chi connectivity index (χ3v) is 4.34. The number of halogens is 4. The first kappa shape index (κ1) is 15.0. The lowest BCUT2D eigenvalue weighted by Crippen LogP contribution is -1.97. The van der Waals surface area contributed by atoms with Crippen LogP contribution in [0.2, 0.25) is 15.1 Å². The van der Waals surface area contributed by atoms with Crippen molar-refractivity contribution in [3.8, 4) is 5.75 Å². The Morgan fingerprint density at radius 1 is 0.947 bits per heavy atom. The topological polar surface area (TPSA) is 9.23 Å². The van der Waals surface area contributed by atoms with E-state index in [0.29, 0.717) is 15.1 Å². The number of methoxy groups -OCH3 is 1. The normalized spacial score (nSPS) is 12.3. The lowest BCUT2D eigenvalue weighted by Gasteiger charge is -2.15. The van der Waals surface area contributed by atoms with Crippen LogP contribution < -0.4 is 4.74 Å². The molecule has 2 aromatic rings. The quantitative estimate of drug-likeness (QED) is 0.581. The van der Waals surface area contributed by atoms with E-state index in [-0.39, 0.29) is 4.83 Å². The fourth-order valence-electron chi connectivity index (χ4n) is 1.80. The Labute approximate surface area is 135 Å². The second kappa shape index (κ2) is 6.36. The summed E-state index contributed by atoms with van der Waals surface area (Å²) in [6.07, 6.45) is 0. The van der Waals surface area contributed by atoms with Gasteiger partial charge in [0.05, 0.1) is 11.9 Å². The zero-order chi connectivity index (χ0) is 14.0. The smallest absolute Gasteiger partial charge is 0.123 e. The third kappa shape index (κ3) is 3.57. The van der Waals surface area contributed by atoms with Crippen molar-refractivity contribution in [1.82, 2.24) is 0 Å². The van der Waals surface area contributed by atoms with Crippen LogP contribution in [-0.4, -0.2) is 7.11 Å². The number of ether oxygens (including phenoxy) is 1. The molecule has 0 saturated heterocycles. The Morgan fingerprint density at radius 2 is 1.58 bits per heavy atom. The van der Waals surface area contributed by atoms with Gasteiger partial charge in [-0.25, -0.2) is 0 Å². The van der Waals surface area contributed by atoms with Crippen LogP contribution in [0.15, 0.2) is 36.4 Å². The molecule has 0 N–H and O–H groups in total. The minimum atomic E-state index is -0.0997. The summed E-state index contributed by atoms with van der Waals surface area (Å²) in [5.41, 5.74) is 1.87. The number of hydrogen-bond donors (Lipinski definition) is 0. The van der Waals surface area contributed by atoms with Crippen LogP contribution in [0.5, 0.6) is 5.75 Å². The fourth-order valence-corrected chi connectivity index (χ4v) is 3.15. The van der Waals surface area contributed by atoms with Gasteiger partial charge in [0.1, 0.15) is 5.75 Å². The lowest BCUT2D eigenvalue weighted by molar-refractivity contribution is 0.410. The summed E-state index contributed by atoms with van der Waals surface area (Å²) in [5, 5.41) is 1.83. The maximum atomic E-state index is 6.04. The van der Waals surface area contributed by atoms with Crippen molar-refractivity contribution in [1.29, 1.82) is 0 Å². The number of benzene rings is 2. The van der Waals surface area contributed by atoms with Crippen molar-refractivity contribution < 1.29 is 4.74 Å². The molecule has 1 atom stereocenters. The maximum absolute atomic E-state index is 6.04. The molecule has 0 heterocycles. The van der Waals surface area contributed by atoms with Gasteiger partial charge >= 0.3 is 0 Å². The number of rotatable bonds is 3. The van der Waals surface area contributed by atoms with Gasteiger partial charge in [-0.15, -0.1) is 0 Å². The van der Waals surface area contributed by atoms with Crippen LogP contribution >= 0.6 is 50.7 Å². The summed E-state index contributed by atoms with van der Waals surface area (Å²) in [7, 11) is 1.62.